The fourth-order valence-electron chi connectivity index (χ4n) is 4.46. The van der Waals surface area contributed by atoms with Crippen LogP contribution in [0.1, 0.15) is 54.1 Å². The van der Waals surface area contributed by atoms with Gasteiger partial charge in [-0.05, 0) is 60.9 Å². The first-order valence-corrected chi connectivity index (χ1v) is 12.9. The normalized spacial score (nSPS) is 21.2. The van der Waals surface area contributed by atoms with Crippen molar-refractivity contribution in [1.82, 2.24) is 0 Å². The van der Waals surface area contributed by atoms with Crippen LogP contribution in [0.2, 0.25) is 0 Å². The molecule has 3 rings (SSSR count). The Kier molecular flexibility index (Phi) is 11.9. The minimum atomic E-state index is -0.372. The molecule has 37 heavy (non-hydrogen) atoms. The molecule has 1 heterocycles. The van der Waals surface area contributed by atoms with Gasteiger partial charge in [-0.3, -0.25) is 0 Å². The van der Waals surface area contributed by atoms with Crippen molar-refractivity contribution in [3.8, 4) is 11.5 Å². The molecule has 0 fully saturated rings. The summed E-state index contributed by atoms with van der Waals surface area (Å²) in [6.45, 7) is 3.43. The molecule has 0 bridgehead atoms. The van der Waals surface area contributed by atoms with E-state index in [0.29, 0.717) is 43.8 Å². The average Bonchev–Trinajstić information content (AvgIpc) is 2.92. The van der Waals surface area contributed by atoms with Crippen LogP contribution in [0, 0.1) is 5.92 Å². The van der Waals surface area contributed by atoms with Gasteiger partial charge in [-0.15, -0.1) is 0 Å². The van der Waals surface area contributed by atoms with Crippen molar-refractivity contribution in [1.29, 1.82) is 0 Å². The number of allylic oxidation sites excluding steroid dienone is 2. The Labute approximate surface area is 220 Å². The predicted octanol–water partition coefficient (Wildman–Crippen LogP) is 5.74. The number of ether oxygens (including phenoxy) is 6. The number of methoxy groups -OCH3 is 3. The maximum absolute atomic E-state index is 13.4. The molecule has 0 saturated carbocycles. The highest BCUT2D eigenvalue weighted by Gasteiger charge is 2.27. The number of hydrogen-bond donors (Lipinski definition) is 0. The molecule has 0 radical (unpaired) electrons. The molecular formula is C30H40O7. The standard InChI is InChI=1S/C30H40O7/c1-22-9-5-6-10-24-11-7-13-27(34-4)29(24)30(31)37-26(19-28(22)36-21-32-2)12-8-18-35-20-23-14-16-25(33-3)17-15-23/h5-7,11,13-17,22,26,28H,8-10,12,18-21H2,1-4H3/b6-5+/t22-,26-,28?/m0/s1. The monoisotopic (exact) mass is 512 g/mol. The molecule has 7 heteroatoms. The van der Waals surface area contributed by atoms with Crippen molar-refractivity contribution < 1.29 is 33.2 Å². The molecule has 1 aliphatic heterocycles. The van der Waals surface area contributed by atoms with E-state index in [2.05, 4.69) is 19.1 Å². The number of cyclic esters (lactones) is 1. The highest BCUT2D eigenvalue weighted by atomic mass is 16.7. The summed E-state index contributed by atoms with van der Waals surface area (Å²) in [5, 5.41) is 0. The van der Waals surface area contributed by atoms with Gasteiger partial charge in [0.25, 0.3) is 0 Å². The number of benzene rings is 2. The summed E-state index contributed by atoms with van der Waals surface area (Å²) in [7, 11) is 4.83. The summed E-state index contributed by atoms with van der Waals surface area (Å²) in [6.07, 6.45) is 7.28. The Hall–Kier alpha value is -2.87. The maximum Gasteiger partial charge on any atom is 0.342 e. The lowest BCUT2D eigenvalue weighted by atomic mass is 9.93. The second-order valence-electron chi connectivity index (χ2n) is 9.30. The Morgan fingerprint density at radius 2 is 1.81 bits per heavy atom. The molecule has 0 N–H and O–H groups in total. The summed E-state index contributed by atoms with van der Waals surface area (Å²) >= 11 is 0. The number of esters is 1. The number of carbonyl (C=O) groups is 1. The Morgan fingerprint density at radius 1 is 1.00 bits per heavy atom. The third-order valence-electron chi connectivity index (χ3n) is 6.59. The van der Waals surface area contributed by atoms with Gasteiger partial charge in [0.05, 0.1) is 26.9 Å². The second kappa shape index (κ2) is 15.4. The van der Waals surface area contributed by atoms with Crippen LogP contribution in [0.5, 0.6) is 11.5 Å². The topological polar surface area (TPSA) is 72.5 Å². The molecule has 0 saturated heterocycles. The summed E-state index contributed by atoms with van der Waals surface area (Å²) in [6, 6.07) is 13.5. The Morgan fingerprint density at radius 3 is 2.54 bits per heavy atom. The van der Waals surface area contributed by atoms with Gasteiger partial charge in [0, 0.05) is 20.1 Å². The highest BCUT2D eigenvalue weighted by Crippen LogP contribution is 2.28. The van der Waals surface area contributed by atoms with Crippen molar-refractivity contribution >= 4 is 5.97 Å². The minimum Gasteiger partial charge on any atom is -0.497 e. The lowest BCUT2D eigenvalue weighted by molar-refractivity contribution is -0.103. The second-order valence-corrected chi connectivity index (χ2v) is 9.30. The SMILES string of the molecule is COCOC1C[C@H](CCCOCc2ccc(OC)cc2)OC(=O)c2c(cccc2OC)C/C=C/C[C@@H]1C. The average molecular weight is 513 g/mol. The van der Waals surface area contributed by atoms with E-state index in [-0.39, 0.29) is 30.9 Å². The lowest BCUT2D eigenvalue weighted by Crippen LogP contribution is -2.31. The molecule has 7 nitrogen and oxygen atoms in total. The Balaban J connectivity index is 1.69. The van der Waals surface area contributed by atoms with E-state index >= 15 is 0 Å². The van der Waals surface area contributed by atoms with Crippen molar-refractivity contribution in [2.45, 2.75) is 57.8 Å². The molecule has 0 aliphatic carbocycles. The zero-order chi connectivity index (χ0) is 26.5. The van der Waals surface area contributed by atoms with Gasteiger partial charge < -0.3 is 28.4 Å². The van der Waals surface area contributed by atoms with Gasteiger partial charge >= 0.3 is 5.97 Å². The summed E-state index contributed by atoms with van der Waals surface area (Å²) in [5.41, 5.74) is 2.46. The zero-order valence-corrected chi connectivity index (χ0v) is 22.4. The van der Waals surface area contributed by atoms with E-state index in [1.54, 1.807) is 27.4 Å². The molecule has 2 aromatic rings. The molecular weight excluding hydrogens is 472 g/mol. The van der Waals surface area contributed by atoms with E-state index in [1.165, 1.54) is 0 Å². The number of rotatable bonds is 11. The largest absolute Gasteiger partial charge is 0.497 e. The minimum absolute atomic E-state index is 0.112. The summed E-state index contributed by atoms with van der Waals surface area (Å²) in [5.74, 6) is 1.21. The first kappa shape index (κ1) is 28.7. The van der Waals surface area contributed by atoms with Crippen molar-refractivity contribution in [3.63, 3.8) is 0 Å². The summed E-state index contributed by atoms with van der Waals surface area (Å²) in [4.78, 5) is 13.4. The predicted molar refractivity (Wildman–Crippen MR) is 142 cm³/mol. The fourth-order valence-corrected chi connectivity index (χ4v) is 4.46. The molecule has 2 aromatic carbocycles. The molecule has 0 spiro atoms. The molecule has 202 valence electrons. The van der Waals surface area contributed by atoms with E-state index < -0.39 is 0 Å². The van der Waals surface area contributed by atoms with Crippen molar-refractivity contribution in [2.75, 3.05) is 34.7 Å². The third-order valence-corrected chi connectivity index (χ3v) is 6.59. The van der Waals surface area contributed by atoms with E-state index in [9.17, 15) is 4.79 Å². The molecule has 0 amide bonds. The van der Waals surface area contributed by atoms with Crippen LogP contribution >= 0.6 is 0 Å². The molecule has 3 atom stereocenters. The van der Waals surface area contributed by atoms with Crippen molar-refractivity contribution in [3.05, 3.63) is 71.3 Å². The smallest absolute Gasteiger partial charge is 0.342 e. The Bertz CT molecular complexity index is 986. The quantitative estimate of drug-likeness (QED) is 0.164. The first-order chi connectivity index (χ1) is 18.0. The fraction of sp³-hybridized carbons (Fsp3) is 0.500. The van der Waals surface area contributed by atoms with Crippen LogP contribution in [0.25, 0.3) is 0 Å². The first-order valence-electron chi connectivity index (χ1n) is 12.9. The lowest BCUT2D eigenvalue weighted by Gasteiger charge is -2.28. The van der Waals surface area contributed by atoms with Gasteiger partial charge in [0.15, 0.2) is 0 Å². The van der Waals surface area contributed by atoms with E-state index in [1.807, 2.05) is 36.4 Å². The van der Waals surface area contributed by atoms with Crippen molar-refractivity contribution in [2.24, 2.45) is 5.92 Å². The van der Waals surface area contributed by atoms with Crippen LogP contribution in [0.15, 0.2) is 54.6 Å². The van der Waals surface area contributed by atoms with Gasteiger partial charge in [0.2, 0.25) is 0 Å². The number of carbonyl (C=O) groups excluding carboxylic acids is 1. The third kappa shape index (κ3) is 8.88. The van der Waals surface area contributed by atoms with Crippen LogP contribution in [-0.2, 0) is 32.0 Å². The number of hydrogen-bond acceptors (Lipinski definition) is 7. The van der Waals surface area contributed by atoms with Gasteiger partial charge in [0.1, 0.15) is 30.0 Å². The maximum atomic E-state index is 13.4. The molecule has 0 aromatic heterocycles. The zero-order valence-electron chi connectivity index (χ0n) is 22.4. The highest BCUT2D eigenvalue weighted by molar-refractivity contribution is 5.94. The molecule has 1 unspecified atom stereocenters. The van der Waals surface area contributed by atoms with Crippen LogP contribution in [-0.4, -0.2) is 52.9 Å². The van der Waals surface area contributed by atoms with E-state index in [0.717, 1.165) is 29.7 Å². The van der Waals surface area contributed by atoms with E-state index in [4.69, 9.17) is 28.4 Å². The van der Waals surface area contributed by atoms with Gasteiger partial charge in [-0.25, -0.2) is 4.79 Å². The van der Waals surface area contributed by atoms with Crippen LogP contribution in [0.3, 0.4) is 0 Å². The summed E-state index contributed by atoms with van der Waals surface area (Å²) < 4.78 is 33.9. The number of fused-ring (bicyclic) bond motifs is 1. The molecule has 1 aliphatic rings. The van der Waals surface area contributed by atoms with Crippen LogP contribution in [0.4, 0.5) is 0 Å². The van der Waals surface area contributed by atoms with Crippen LogP contribution < -0.4 is 9.47 Å². The van der Waals surface area contributed by atoms with Gasteiger partial charge in [-0.1, -0.05) is 43.3 Å². The van der Waals surface area contributed by atoms with Gasteiger partial charge in [-0.2, -0.15) is 0 Å².